The number of nitrogens with zero attached hydrogens (tertiary/aromatic N) is 1. The molecule has 1 fully saturated rings. The number of aromatic nitrogens is 1. The zero-order valence-corrected chi connectivity index (χ0v) is 22.3. The summed E-state index contributed by atoms with van der Waals surface area (Å²) in [5.41, 5.74) is 8.01. The number of benzene rings is 2. The van der Waals surface area contributed by atoms with Crippen LogP contribution in [0.25, 0.3) is 0 Å². The predicted molar refractivity (Wildman–Crippen MR) is 145 cm³/mol. The molecule has 1 aliphatic rings. The molecule has 37 heavy (non-hydrogen) atoms. The van der Waals surface area contributed by atoms with E-state index in [1.807, 2.05) is 19.1 Å². The Morgan fingerprint density at radius 3 is 2.43 bits per heavy atom. The first-order chi connectivity index (χ1) is 17.9. The smallest absolute Gasteiger partial charge is 0.251 e. The molecule has 0 bridgehead atoms. The van der Waals surface area contributed by atoms with Gasteiger partial charge >= 0.3 is 0 Å². The molecular weight excluding hydrogens is 536 g/mol. The summed E-state index contributed by atoms with van der Waals surface area (Å²) >= 11 is 3.33. The first kappa shape index (κ1) is 26.6. The van der Waals surface area contributed by atoms with Crippen LogP contribution in [0.3, 0.4) is 0 Å². The van der Waals surface area contributed by atoms with Gasteiger partial charge in [0, 0.05) is 41.0 Å². The highest BCUT2D eigenvalue weighted by Gasteiger charge is 2.21. The Hall–Kier alpha value is -3.43. The molecule has 0 saturated heterocycles. The fourth-order valence-corrected chi connectivity index (χ4v) is 4.31. The van der Waals surface area contributed by atoms with Crippen molar-refractivity contribution in [2.75, 3.05) is 6.61 Å². The van der Waals surface area contributed by atoms with E-state index in [-0.39, 0.29) is 23.9 Å². The van der Waals surface area contributed by atoms with Gasteiger partial charge in [0.25, 0.3) is 5.91 Å². The third-order valence-electron chi connectivity index (χ3n) is 6.08. The van der Waals surface area contributed by atoms with Crippen molar-refractivity contribution < 1.29 is 19.0 Å². The average Bonchev–Trinajstić information content (AvgIpc) is 2.90. The third-order valence-corrected chi connectivity index (χ3v) is 6.55. The van der Waals surface area contributed by atoms with E-state index < -0.39 is 0 Å². The van der Waals surface area contributed by atoms with E-state index in [2.05, 4.69) is 26.2 Å². The molecule has 1 amide bonds. The second kappa shape index (κ2) is 12.7. The van der Waals surface area contributed by atoms with Gasteiger partial charge in [-0.2, -0.15) is 0 Å². The minimum Gasteiger partial charge on any atom is -0.489 e. The maximum absolute atomic E-state index is 13.1. The standard InChI is InChI=1S/C28H31BrN4O4/c1-2-35-27(31)19-4-10-23(11-5-19)37-25-14-20(28(34)33-22-8-6-21(30)7-9-22)13-24(15-25)36-17-18-3-12-26(29)32-16-18/h3-5,10-16,21-22,31H,2,6-9,17,30H2,1H3,(H,33,34). The molecule has 1 aromatic heterocycles. The number of hydrogen-bond acceptors (Lipinski definition) is 7. The third kappa shape index (κ3) is 7.77. The number of carbonyl (C=O) groups is 1. The Morgan fingerprint density at radius 2 is 1.76 bits per heavy atom. The van der Waals surface area contributed by atoms with Crippen LogP contribution in [0.2, 0.25) is 0 Å². The highest BCUT2D eigenvalue weighted by molar-refractivity contribution is 9.10. The average molecular weight is 567 g/mol. The second-order valence-corrected chi connectivity index (χ2v) is 9.76. The number of hydrogen-bond donors (Lipinski definition) is 3. The molecule has 1 heterocycles. The summed E-state index contributed by atoms with van der Waals surface area (Å²) < 4.78 is 18.1. The SMILES string of the molecule is CCOC(=N)c1ccc(Oc2cc(OCc3ccc(Br)nc3)cc(C(=O)NC3CCC(N)CC3)c2)cc1. The van der Waals surface area contributed by atoms with Gasteiger partial charge in [-0.15, -0.1) is 0 Å². The molecule has 3 aromatic rings. The Morgan fingerprint density at radius 1 is 1.03 bits per heavy atom. The fourth-order valence-electron chi connectivity index (χ4n) is 4.07. The molecule has 0 unspecified atom stereocenters. The molecular formula is C28H31BrN4O4. The van der Waals surface area contributed by atoms with Crippen LogP contribution in [0.15, 0.2) is 65.4 Å². The second-order valence-electron chi connectivity index (χ2n) is 8.94. The van der Waals surface area contributed by atoms with Gasteiger partial charge in [-0.3, -0.25) is 10.2 Å². The van der Waals surface area contributed by atoms with Crippen molar-refractivity contribution in [3.63, 3.8) is 0 Å². The molecule has 194 valence electrons. The molecule has 0 aliphatic heterocycles. The Bertz CT molecular complexity index is 1210. The van der Waals surface area contributed by atoms with E-state index in [4.69, 9.17) is 25.4 Å². The summed E-state index contributed by atoms with van der Waals surface area (Å²) in [5.74, 6) is 1.46. The minimum atomic E-state index is -0.179. The van der Waals surface area contributed by atoms with Crippen molar-refractivity contribution in [1.29, 1.82) is 5.41 Å². The monoisotopic (exact) mass is 566 g/mol. The van der Waals surface area contributed by atoms with E-state index >= 15 is 0 Å². The van der Waals surface area contributed by atoms with Gasteiger partial charge in [0.1, 0.15) is 28.5 Å². The van der Waals surface area contributed by atoms with Crippen molar-refractivity contribution in [2.24, 2.45) is 5.73 Å². The van der Waals surface area contributed by atoms with Gasteiger partial charge in [-0.25, -0.2) is 4.98 Å². The maximum Gasteiger partial charge on any atom is 0.251 e. The molecule has 4 N–H and O–H groups in total. The largest absolute Gasteiger partial charge is 0.489 e. The first-order valence-electron chi connectivity index (χ1n) is 12.3. The van der Waals surface area contributed by atoms with E-state index in [0.717, 1.165) is 35.8 Å². The van der Waals surface area contributed by atoms with Crippen LogP contribution in [0.4, 0.5) is 0 Å². The van der Waals surface area contributed by atoms with Crippen molar-refractivity contribution in [3.05, 3.63) is 82.1 Å². The van der Waals surface area contributed by atoms with Crippen LogP contribution in [-0.4, -0.2) is 35.5 Å². The molecule has 9 heteroatoms. The van der Waals surface area contributed by atoms with E-state index in [0.29, 0.717) is 41.6 Å². The summed E-state index contributed by atoms with van der Waals surface area (Å²) in [6, 6.07) is 16.3. The topological polar surface area (TPSA) is 120 Å². The number of carbonyl (C=O) groups excluding carboxylic acids is 1. The van der Waals surface area contributed by atoms with Gasteiger partial charge in [0.2, 0.25) is 5.90 Å². The maximum atomic E-state index is 13.1. The quantitative estimate of drug-likeness (QED) is 0.177. The molecule has 0 spiro atoms. The minimum absolute atomic E-state index is 0.100. The van der Waals surface area contributed by atoms with Gasteiger partial charge < -0.3 is 25.3 Å². The first-order valence-corrected chi connectivity index (χ1v) is 13.1. The molecule has 1 saturated carbocycles. The fraction of sp³-hybridized carbons (Fsp3) is 0.321. The Kier molecular flexibility index (Phi) is 9.14. The van der Waals surface area contributed by atoms with Crippen LogP contribution in [-0.2, 0) is 11.3 Å². The lowest BCUT2D eigenvalue weighted by Gasteiger charge is -2.26. The molecule has 0 radical (unpaired) electrons. The normalized spacial score (nSPS) is 17.1. The lowest BCUT2D eigenvalue weighted by Crippen LogP contribution is -2.40. The lowest BCUT2D eigenvalue weighted by molar-refractivity contribution is 0.0925. The summed E-state index contributed by atoms with van der Waals surface area (Å²) in [4.78, 5) is 17.4. The van der Waals surface area contributed by atoms with E-state index in [1.54, 1.807) is 48.7 Å². The van der Waals surface area contributed by atoms with E-state index in [9.17, 15) is 4.79 Å². The van der Waals surface area contributed by atoms with Gasteiger partial charge in [-0.1, -0.05) is 6.07 Å². The highest BCUT2D eigenvalue weighted by atomic mass is 79.9. The molecule has 2 aromatic carbocycles. The number of pyridine rings is 1. The molecule has 0 atom stereocenters. The van der Waals surface area contributed by atoms with Crippen LogP contribution < -0.4 is 20.5 Å². The van der Waals surface area contributed by atoms with Crippen LogP contribution >= 0.6 is 15.9 Å². The van der Waals surface area contributed by atoms with Crippen molar-refractivity contribution >= 4 is 27.7 Å². The zero-order valence-electron chi connectivity index (χ0n) is 20.7. The zero-order chi connectivity index (χ0) is 26.2. The highest BCUT2D eigenvalue weighted by Crippen LogP contribution is 2.29. The number of halogens is 1. The molecule has 8 nitrogen and oxygen atoms in total. The Labute approximate surface area is 225 Å². The number of ether oxygens (including phenoxy) is 3. The summed E-state index contributed by atoms with van der Waals surface area (Å²) in [5, 5.41) is 11.1. The number of rotatable bonds is 9. The summed E-state index contributed by atoms with van der Waals surface area (Å²) in [6.45, 7) is 2.56. The number of nitrogens with one attached hydrogen (secondary N) is 2. The predicted octanol–water partition coefficient (Wildman–Crippen LogP) is 5.58. The Balaban J connectivity index is 1.52. The number of nitrogens with two attached hydrogens (primary N) is 1. The van der Waals surface area contributed by atoms with E-state index in [1.165, 1.54) is 0 Å². The van der Waals surface area contributed by atoms with Crippen LogP contribution in [0, 0.1) is 5.41 Å². The van der Waals surface area contributed by atoms with Crippen LogP contribution in [0.1, 0.15) is 54.1 Å². The van der Waals surface area contributed by atoms with Crippen molar-refractivity contribution in [2.45, 2.75) is 51.3 Å². The van der Waals surface area contributed by atoms with Crippen molar-refractivity contribution in [3.8, 4) is 17.2 Å². The van der Waals surface area contributed by atoms with Crippen molar-refractivity contribution in [1.82, 2.24) is 10.3 Å². The van der Waals surface area contributed by atoms with Gasteiger partial charge in [-0.05, 0) is 91.0 Å². The molecule has 1 aliphatic carbocycles. The van der Waals surface area contributed by atoms with Gasteiger partial charge in [0.15, 0.2) is 0 Å². The summed E-state index contributed by atoms with van der Waals surface area (Å²) in [7, 11) is 0. The van der Waals surface area contributed by atoms with Gasteiger partial charge in [0.05, 0.1) is 6.61 Å². The summed E-state index contributed by atoms with van der Waals surface area (Å²) in [6.07, 6.45) is 5.27. The number of amides is 1. The molecule has 4 rings (SSSR count). The lowest BCUT2D eigenvalue weighted by atomic mass is 9.91. The van der Waals surface area contributed by atoms with Crippen LogP contribution in [0.5, 0.6) is 17.2 Å².